The second-order valence-corrected chi connectivity index (χ2v) is 7.93. The van der Waals surface area contributed by atoms with E-state index in [0.717, 1.165) is 5.56 Å². The van der Waals surface area contributed by atoms with Crippen molar-refractivity contribution in [3.05, 3.63) is 34.2 Å². The quantitative estimate of drug-likeness (QED) is 0.832. The number of carbonyl (C=O) groups excluding carboxylic acids is 1. The van der Waals surface area contributed by atoms with Crippen molar-refractivity contribution in [2.45, 2.75) is 18.9 Å². The molecule has 8 heteroatoms. The van der Waals surface area contributed by atoms with Crippen molar-refractivity contribution in [3.8, 4) is 0 Å². The van der Waals surface area contributed by atoms with Gasteiger partial charge >= 0.3 is 5.69 Å². The Kier molecular flexibility index (Phi) is 3.56. The number of aromatic nitrogens is 2. The minimum Gasteiger partial charge on any atom is -0.341 e. The van der Waals surface area contributed by atoms with E-state index in [1.807, 2.05) is 0 Å². The summed E-state index contributed by atoms with van der Waals surface area (Å²) in [5.41, 5.74) is 1.84. The first kappa shape index (κ1) is 14.8. The van der Waals surface area contributed by atoms with Gasteiger partial charge < -0.3 is 14.9 Å². The summed E-state index contributed by atoms with van der Waals surface area (Å²) in [7, 11) is -1.37. The fourth-order valence-electron chi connectivity index (χ4n) is 2.77. The van der Waals surface area contributed by atoms with Crippen LogP contribution in [-0.2, 0) is 21.1 Å². The lowest BCUT2D eigenvalue weighted by molar-refractivity contribution is -0.130. The van der Waals surface area contributed by atoms with Crippen molar-refractivity contribution in [3.63, 3.8) is 0 Å². The molecule has 1 fully saturated rings. The molecule has 1 saturated heterocycles. The summed E-state index contributed by atoms with van der Waals surface area (Å²) >= 11 is 0. The second kappa shape index (κ2) is 5.28. The molecule has 2 heterocycles. The number of nitrogens with zero attached hydrogens (tertiary/aromatic N) is 1. The van der Waals surface area contributed by atoms with Gasteiger partial charge in [-0.25, -0.2) is 13.2 Å². The van der Waals surface area contributed by atoms with Gasteiger partial charge in [-0.05, 0) is 24.1 Å². The smallest absolute Gasteiger partial charge is 0.323 e. The molecule has 2 aromatic rings. The Morgan fingerprint density at radius 3 is 2.73 bits per heavy atom. The fraction of sp³-hybridized carbons (Fsp3) is 0.429. The van der Waals surface area contributed by atoms with E-state index in [1.165, 1.54) is 4.90 Å². The lowest BCUT2D eigenvalue weighted by Gasteiger charge is -2.23. The fourth-order valence-corrected chi connectivity index (χ4v) is 4.55. The van der Waals surface area contributed by atoms with E-state index in [0.29, 0.717) is 17.5 Å². The predicted octanol–water partition coefficient (Wildman–Crippen LogP) is 0.0442. The number of hydrogen-bond acceptors (Lipinski definition) is 4. The normalized spacial score (nSPS) is 20.3. The van der Waals surface area contributed by atoms with Crippen molar-refractivity contribution < 1.29 is 13.2 Å². The molecule has 0 saturated carbocycles. The van der Waals surface area contributed by atoms with E-state index in [4.69, 9.17) is 0 Å². The van der Waals surface area contributed by atoms with Crippen LogP contribution in [0.2, 0.25) is 0 Å². The third kappa shape index (κ3) is 2.92. The Morgan fingerprint density at radius 1 is 1.32 bits per heavy atom. The Bertz CT molecular complexity index is 881. The zero-order valence-corrected chi connectivity index (χ0v) is 12.9. The number of imidazole rings is 1. The molecule has 1 aromatic carbocycles. The zero-order chi connectivity index (χ0) is 15.9. The minimum absolute atomic E-state index is 0.0411. The van der Waals surface area contributed by atoms with Crippen LogP contribution < -0.4 is 5.69 Å². The second-order valence-electron chi connectivity index (χ2n) is 5.70. The number of fused-ring (bicyclic) bond motifs is 1. The van der Waals surface area contributed by atoms with E-state index >= 15 is 0 Å². The van der Waals surface area contributed by atoms with Crippen molar-refractivity contribution in [1.29, 1.82) is 0 Å². The SMILES string of the molecule is CN(C(=O)Cc1ccc2[nH]c(=O)[nH]c2c1)C1CCS(=O)(=O)C1. The van der Waals surface area contributed by atoms with Gasteiger partial charge in [0.2, 0.25) is 5.91 Å². The van der Waals surface area contributed by atoms with E-state index < -0.39 is 9.84 Å². The number of likely N-dealkylation sites (N-methyl/N-ethyl adjacent to an activating group) is 1. The number of benzene rings is 1. The highest BCUT2D eigenvalue weighted by Crippen LogP contribution is 2.18. The average Bonchev–Trinajstić information content (AvgIpc) is 2.98. The van der Waals surface area contributed by atoms with E-state index in [2.05, 4.69) is 9.97 Å². The van der Waals surface area contributed by atoms with Crippen molar-refractivity contribution in [2.24, 2.45) is 0 Å². The number of amides is 1. The molecule has 7 nitrogen and oxygen atoms in total. The van der Waals surface area contributed by atoms with Crippen LogP contribution in [0.1, 0.15) is 12.0 Å². The van der Waals surface area contributed by atoms with Gasteiger partial charge in [-0.15, -0.1) is 0 Å². The van der Waals surface area contributed by atoms with Crippen LogP contribution in [0.5, 0.6) is 0 Å². The maximum absolute atomic E-state index is 12.3. The van der Waals surface area contributed by atoms with Gasteiger partial charge in [-0.2, -0.15) is 0 Å². The number of H-pyrrole nitrogens is 2. The monoisotopic (exact) mass is 323 g/mol. The van der Waals surface area contributed by atoms with Gasteiger partial charge in [-0.1, -0.05) is 6.07 Å². The molecule has 0 bridgehead atoms. The van der Waals surface area contributed by atoms with E-state index in [1.54, 1.807) is 25.2 Å². The summed E-state index contributed by atoms with van der Waals surface area (Å²) in [5.74, 6) is 0.0601. The van der Waals surface area contributed by atoms with Gasteiger partial charge in [0.05, 0.1) is 29.0 Å². The molecule has 0 spiro atoms. The Hall–Kier alpha value is -2.09. The molecule has 1 unspecified atom stereocenters. The van der Waals surface area contributed by atoms with Gasteiger partial charge in [0, 0.05) is 13.1 Å². The molecule has 0 radical (unpaired) electrons. The number of hydrogen-bond donors (Lipinski definition) is 2. The van der Waals surface area contributed by atoms with E-state index in [-0.39, 0.29) is 35.6 Å². The van der Waals surface area contributed by atoms with Crippen LogP contribution in [0.25, 0.3) is 11.0 Å². The maximum Gasteiger partial charge on any atom is 0.323 e. The van der Waals surface area contributed by atoms with Crippen LogP contribution >= 0.6 is 0 Å². The van der Waals surface area contributed by atoms with Gasteiger partial charge in [0.25, 0.3) is 0 Å². The van der Waals surface area contributed by atoms with Crippen molar-refractivity contribution in [1.82, 2.24) is 14.9 Å². The molecule has 22 heavy (non-hydrogen) atoms. The van der Waals surface area contributed by atoms with E-state index in [9.17, 15) is 18.0 Å². The Balaban J connectivity index is 1.73. The standard InChI is InChI=1S/C14H17N3O4S/c1-17(10-4-5-22(20,21)8-10)13(18)7-9-2-3-11-12(6-9)16-14(19)15-11/h2-3,6,10H,4-5,7-8H2,1H3,(H2,15,16,19). The first-order chi connectivity index (χ1) is 10.3. The lowest BCUT2D eigenvalue weighted by atomic mass is 10.1. The highest BCUT2D eigenvalue weighted by molar-refractivity contribution is 7.91. The molecule has 1 aliphatic rings. The van der Waals surface area contributed by atoms with Crippen LogP contribution in [0.4, 0.5) is 0 Å². The zero-order valence-electron chi connectivity index (χ0n) is 12.1. The third-order valence-corrected chi connectivity index (χ3v) is 5.84. The summed E-state index contributed by atoms with van der Waals surface area (Å²) < 4.78 is 23.0. The maximum atomic E-state index is 12.3. The summed E-state index contributed by atoms with van der Waals surface area (Å²) in [6, 6.07) is 5.04. The van der Waals surface area contributed by atoms with Crippen molar-refractivity contribution >= 4 is 26.8 Å². The van der Waals surface area contributed by atoms with Gasteiger partial charge in [-0.3, -0.25) is 4.79 Å². The topological polar surface area (TPSA) is 103 Å². The van der Waals surface area contributed by atoms with Crippen LogP contribution in [0.15, 0.2) is 23.0 Å². The molecule has 1 aromatic heterocycles. The number of carbonyl (C=O) groups is 1. The van der Waals surface area contributed by atoms with Crippen LogP contribution in [-0.4, -0.2) is 53.8 Å². The molecular formula is C14H17N3O4S. The average molecular weight is 323 g/mol. The van der Waals surface area contributed by atoms with Crippen LogP contribution in [0, 0.1) is 0 Å². The lowest BCUT2D eigenvalue weighted by Crippen LogP contribution is -2.38. The summed E-state index contributed by atoms with van der Waals surface area (Å²) in [5, 5.41) is 0. The first-order valence-electron chi connectivity index (χ1n) is 7.01. The highest BCUT2D eigenvalue weighted by Gasteiger charge is 2.32. The summed E-state index contributed by atoms with van der Waals surface area (Å²) in [6.45, 7) is 0. The van der Waals surface area contributed by atoms with Gasteiger partial charge in [0.1, 0.15) is 0 Å². The minimum atomic E-state index is -3.01. The van der Waals surface area contributed by atoms with Crippen LogP contribution in [0.3, 0.4) is 0 Å². The number of sulfone groups is 1. The van der Waals surface area contributed by atoms with Crippen molar-refractivity contribution in [2.75, 3.05) is 18.6 Å². The summed E-state index contributed by atoms with van der Waals surface area (Å²) in [4.78, 5) is 30.3. The third-order valence-electron chi connectivity index (χ3n) is 4.09. The predicted molar refractivity (Wildman–Crippen MR) is 82.5 cm³/mol. The molecule has 1 amide bonds. The van der Waals surface area contributed by atoms with Gasteiger partial charge in [0.15, 0.2) is 9.84 Å². The molecule has 0 aliphatic carbocycles. The first-order valence-corrected chi connectivity index (χ1v) is 8.83. The number of rotatable bonds is 3. The molecule has 1 aliphatic heterocycles. The largest absolute Gasteiger partial charge is 0.341 e. The Morgan fingerprint density at radius 2 is 2.05 bits per heavy atom. The molecular weight excluding hydrogens is 306 g/mol. The number of aromatic amines is 2. The molecule has 118 valence electrons. The molecule has 3 rings (SSSR count). The number of nitrogens with one attached hydrogen (secondary N) is 2. The molecule has 1 atom stereocenters. The Labute approximate surface area is 127 Å². The molecule has 2 N–H and O–H groups in total. The highest BCUT2D eigenvalue weighted by atomic mass is 32.2. The summed E-state index contributed by atoms with van der Waals surface area (Å²) in [6.07, 6.45) is 0.672.